The predicted molar refractivity (Wildman–Crippen MR) is 102 cm³/mol. The molecule has 1 aromatic carbocycles. The molecule has 24 heavy (non-hydrogen) atoms. The molecule has 2 aromatic rings. The minimum Gasteiger partial charge on any atom is -0.467 e. The Balaban J connectivity index is 1.37. The molecule has 0 aliphatic carbocycles. The van der Waals surface area contributed by atoms with Crippen molar-refractivity contribution in [1.29, 1.82) is 0 Å². The van der Waals surface area contributed by atoms with Crippen LogP contribution in [0, 0.1) is 0 Å². The molecule has 1 aliphatic rings. The normalized spacial score (nSPS) is 15.8. The zero-order valence-electron chi connectivity index (χ0n) is 13.7. The van der Waals surface area contributed by atoms with Gasteiger partial charge in [-0.15, -0.1) is 0 Å². The van der Waals surface area contributed by atoms with Gasteiger partial charge in [0.1, 0.15) is 5.76 Å². The summed E-state index contributed by atoms with van der Waals surface area (Å²) in [6, 6.07) is 14.3. The van der Waals surface area contributed by atoms with E-state index in [1.165, 1.54) is 5.56 Å². The van der Waals surface area contributed by atoms with Crippen LogP contribution in [0.1, 0.15) is 11.3 Å². The molecule has 1 fully saturated rings. The highest BCUT2D eigenvalue weighted by Gasteiger charge is 2.17. The maximum Gasteiger partial charge on any atom is 0.169 e. The van der Waals surface area contributed by atoms with Crippen LogP contribution < -0.4 is 5.32 Å². The summed E-state index contributed by atoms with van der Waals surface area (Å²) in [4.78, 5) is 4.68. The quantitative estimate of drug-likeness (QED) is 0.845. The second-order valence-electron chi connectivity index (χ2n) is 5.84. The van der Waals surface area contributed by atoms with Crippen LogP contribution in [-0.2, 0) is 6.54 Å². The Labute approximate surface area is 148 Å². The molecule has 2 heterocycles. The molecular weight excluding hydrogens is 318 g/mol. The Kier molecular flexibility index (Phi) is 6.04. The fraction of sp³-hybridized carbons (Fsp3) is 0.316. The van der Waals surface area contributed by atoms with E-state index in [0.29, 0.717) is 6.54 Å². The highest BCUT2D eigenvalue weighted by Crippen LogP contribution is 2.06. The molecule has 0 spiro atoms. The minimum atomic E-state index is 0.645. The second kappa shape index (κ2) is 8.66. The van der Waals surface area contributed by atoms with Gasteiger partial charge >= 0.3 is 0 Å². The summed E-state index contributed by atoms with van der Waals surface area (Å²) >= 11 is 5.48. The number of hydrogen-bond donors (Lipinski definition) is 1. The van der Waals surface area contributed by atoms with Crippen molar-refractivity contribution in [2.75, 3.05) is 32.7 Å². The van der Waals surface area contributed by atoms with Gasteiger partial charge in [-0.05, 0) is 29.9 Å². The first-order chi connectivity index (χ1) is 11.8. The van der Waals surface area contributed by atoms with E-state index in [4.69, 9.17) is 16.6 Å². The Morgan fingerprint density at radius 3 is 2.58 bits per heavy atom. The van der Waals surface area contributed by atoms with Crippen molar-refractivity contribution in [3.8, 4) is 0 Å². The monoisotopic (exact) mass is 341 g/mol. The highest BCUT2D eigenvalue weighted by atomic mass is 32.1. The molecule has 0 saturated carbocycles. The molecular formula is C19H23N3OS. The topological polar surface area (TPSA) is 31.7 Å². The molecule has 5 heteroatoms. The smallest absolute Gasteiger partial charge is 0.169 e. The van der Waals surface area contributed by atoms with Crippen LogP contribution in [0.3, 0.4) is 0 Å². The summed E-state index contributed by atoms with van der Waals surface area (Å²) < 4.78 is 5.31. The summed E-state index contributed by atoms with van der Waals surface area (Å²) in [5.74, 6) is 0.905. The van der Waals surface area contributed by atoms with Gasteiger partial charge < -0.3 is 14.6 Å². The fourth-order valence-corrected chi connectivity index (χ4v) is 2.98. The van der Waals surface area contributed by atoms with Crippen LogP contribution in [0.5, 0.6) is 0 Å². The summed E-state index contributed by atoms with van der Waals surface area (Å²) in [6.45, 7) is 5.61. The highest BCUT2D eigenvalue weighted by molar-refractivity contribution is 7.80. The van der Waals surface area contributed by atoms with Crippen LogP contribution in [-0.4, -0.2) is 47.6 Å². The molecule has 0 amide bonds. The number of nitrogens with one attached hydrogen (secondary N) is 1. The van der Waals surface area contributed by atoms with E-state index in [-0.39, 0.29) is 0 Å². The van der Waals surface area contributed by atoms with Crippen molar-refractivity contribution in [3.05, 3.63) is 66.1 Å². The van der Waals surface area contributed by atoms with Gasteiger partial charge in [0.15, 0.2) is 5.11 Å². The lowest BCUT2D eigenvalue weighted by Crippen LogP contribution is -2.51. The third-order valence-corrected chi connectivity index (χ3v) is 4.53. The standard InChI is InChI=1S/C19H23N3OS/c24-19(20-16-18-9-5-15-23-18)22-13-11-21(12-14-22)10-4-8-17-6-2-1-3-7-17/h1-9,15H,10-14,16H2,(H,20,24). The van der Waals surface area contributed by atoms with Gasteiger partial charge in [0, 0.05) is 32.7 Å². The SMILES string of the molecule is S=C(NCc1ccco1)N1CCN(CC=Cc2ccccc2)CC1. The first-order valence-electron chi connectivity index (χ1n) is 8.30. The zero-order chi connectivity index (χ0) is 16.6. The van der Waals surface area contributed by atoms with Gasteiger partial charge in [0.05, 0.1) is 12.8 Å². The average molecular weight is 341 g/mol. The van der Waals surface area contributed by atoms with E-state index in [1.807, 2.05) is 18.2 Å². The number of benzene rings is 1. The van der Waals surface area contributed by atoms with Gasteiger partial charge in [-0.25, -0.2) is 0 Å². The fourth-order valence-electron chi connectivity index (χ4n) is 2.72. The first-order valence-corrected chi connectivity index (χ1v) is 8.71. The molecule has 1 N–H and O–H groups in total. The van der Waals surface area contributed by atoms with E-state index >= 15 is 0 Å². The van der Waals surface area contributed by atoms with E-state index in [2.05, 4.69) is 51.5 Å². The van der Waals surface area contributed by atoms with Crippen LogP contribution in [0.15, 0.2) is 59.2 Å². The summed E-state index contributed by atoms with van der Waals surface area (Å²) in [5, 5.41) is 4.08. The third-order valence-electron chi connectivity index (χ3n) is 4.13. The van der Waals surface area contributed by atoms with Gasteiger partial charge in [-0.3, -0.25) is 4.90 Å². The van der Waals surface area contributed by atoms with E-state index in [0.717, 1.165) is 43.6 Å². The third kappa shape index (κ3) is 4.94. The maximum atomic E-state index is 5.48. The summed E-state index contributed by atoms with van der Waals surface area (Å²) in [7, 11) is 0. The Morgan fingerprint density at radius 2 is 1.88 bits per heavy atom. The maximum absolute atomic E-state index is 5.48. The van der Waals surface area contributed by atoms with Crippen molar-refractivity contribution in [1.82, 2.24) is 15.1 Å². The Hall–Kier alpha value is -2.11. The average Bonchev–Trinajstić information content (AvgIpc) is 3.15. The molecule has 0 unspecified atom stereocenters. The lowest BCUT2D eigenvalue weighted by molar-refractivity contribution is 0.196. The van der Waals surface area contributed by atoms with E-state index in [1.54, 1.807) is 6.26 Å². The lowest BCUT2D eigenvalue weighted by atomic mass is 10.2. The Bertz CT molecular complexity index is 647. The van der Waals surface area contributed by atoms with Crippen molar-refractivity contribution in [3.63, 3.8) is 0 Å². The number of rotatable bonds is 5. The predicted octanol–water partition coefficient (Wildman–Crippen LogP) is 2.99. The Morgan fingerprint density at radius 1 is 1.08 bits per heavy atom. The summed E-state index contributed by atoms with van der Waals surface area (Å²) in [5.41, 5.74) is 1.25. The van der Waals surface area contributed by atoms with Gasteiger partial charge in [-0.2, -0.15) is 0 Å². The lowest BCUT2D eigenvalue weighted by Gasteiger charge is -2.35. The molecule has 1 aromatic heterocycles. The number of piperazine rings is 1. The number of hydrogen-bond acceptors (Lipinski definition) is 3. The molecule has 126 valence electrons. The largest absolute Gasteiger partial charge is 0.467 e. The molecule has 0 radical (unpaired) electrons. The molecule has 0 bridgehead atoms. The molecule has 0 atom stereocenters. The number of thiocarbonyl (C=S) groups is 1. The van der Waals surface area contributed by atoms with Gasteiger partial charge in [0.2, 0.25) is 0 Å². The number of nitrogens with zero attached hydrogens (tertiary/aromatic N) is 2. The van der Waals surface area contributed by atoms with Crippen LogP contribution in [0.2, 0.25) is 0 Å². The van der Waals surface area contributed by atoms with Crippen LogP contribution in [0.4, 0.5) is 0 Å². The van der Waals surface area contributed by atoms with Crippen molar-refractivity contribution in [2.24, 2.45) is 0 Å². The zero-order valence-corrected chi connectivity index (χ0v) is 14.5. The molecule has 1 aliphatic heterocycles. The van der Waals surface area contributed by atoms with Crippen molar-refractivity contribution >= 4 is 23.4 Å². The first kappa shape index (κ1) is 16.7. The van der Waals surface area contributed by atoms with Crippen LogP contribution in [0.25, 0.3) is 6.08 Å². The minimum absolute atomic E-state index is 0.645. The van der Waals surface area contributed by atoms with Crippen molar-refractivity contribution in [2.45, 2.75) is 6.54 Å². The van der Waals surface area contributed by atoms with Gasteiger partial charge in [-0.1, -0.05) is 42.5 Å². The van der Waals surface area contributed by atoms with E-state index in [9.17, 15) is 0 Å². The number of furan rings is 1. The van der Waals surface area contributed by atoms with Crippen LogP contribution >= 0.6 is 12.2 Å². The molecule has 1 saturated heterocycles. The molecule has 4 nitrogen and oxygen atoms in total. The van der Waals surface area contributed by atoms with E-state index < -0.39 is 0 Å². The van der Waals surface area contributed by atoms with Gasteiger partial charge in [0.25, 0.3) is 0 Å². The second-order valence-corrected chi connectivity index (χ2v) is 6.23. The van der Waals surface area contributed by atoms with Crippen molar-refractivity contribution < 1.29 is 4.42 Å². The molecule has 3 rings (SSSR count). The summed E-state index contributed by atoms with van der Waals surface area (Å²) in [6.07, 6.45) is 6.10.